The molecular weight excluding hydrogens is 112 g/mol. The van der Waals surface area contributed by atoms with Crippen molar-refractivity contribution in [2.45, 2.75) is 19.8 Å². The Labute approximate surface area is 59.7 Å². The van der Waals surface area contributed by atoms with Gasteiger partial charge in [0, 0.05) is 17.3 Å². The van der Waals surface area contributed by atoms with Gasteiger partial charge in [-0.3, -0.25) is 4.68 Å². The van der Waals surface area contributed by atoms with Crippen LogP contribution in [0, 0.1) is 0 Å². The maximum Gasteiger partial charge on any atom is 0.0524 e. The Morgan fingerprint density at radius 2 is 2.56 bits per heavy atom. The summed E-state index contributed by atoms with van der Waals surface area (Å²) in [5.74, 6) is 0.320. The largest absolute Gasteiger partial charge is 0.276 e. The molecule has 0 aliphatic heterocycles. The first-order valence-corrected chi connectivity index (χ1v) is 2.96. The van der Waals surface area contributed by atoms with Crippen molar-refractivity contribution in [1.82, 2.24) is 9.78 Å². The Balaban J connectivity index is 2.92. The molecule has 0 aliphatic rings. The van der Waals surface area contributed by atoms with E-state index in [1.165, 1.54) is 0 Å². The lowest BCUT2D eigenvalue weighted by Crippen LogP contribution is -1.85. The van der Waals surface area contributed by atoms with Crippen LogP contribution < -0.4 is 0 Å². The summed E-state index contributed by atoms with van der Waals surface area (Å²) in [7, 11) is 0. The van der Waals surface area contributed by atoms with Gasteiger partial charge in [-0.2, -0.15) is 5.10 Å². The molecule has 0 radical (unpaired) electrons. The lowest BCUT2D eigenvalue weighted by Gasteiger charge is -1.95. The van der Waals surface area contributed by atoms with Gasteiger partial charge >= 0.3 is 0 Å². The average Bonchev–Trinajstić information content (AvgIpc) is 2.30. The number of aromatic nitrogens is 2. The molecule has 2 nitrogen and oxygen atoms in total. The fourth-order valence-corrected chi connectivity index (χ4v) is 0.635. The normalized spacial score (nSPS) is 17.0. The van der Waals surface area contributed by atoms with Crippen molar-refractivity contribution in [2.24, 2.45) is 6.98 Å². The van der Waals surface area contributed by atoms with Gasteiger partial charge in [-0.1, -0.05) is 13.8 Å². The van der Waals surface area contributed by atoms with E-state index in [0.717, 1.165) is 10.2 Å². The third kappa shape index (κ3) is 1.31. The number of hydrogen-bond donors (Lipinski definition) is 0. The predicted octanol–water partition coefficient (Wildman–Crippen LogP) is 1.54. The van der Waals surface area contributed by atoms with Gasteiger partial charge in [-0.05, 0) is 11.5 Å². The Morgan fingerprint density at radius 1 is 1.78 bits per heavy atom. The predicted molar refractivity (Wildman–Crippen MR) is 37.3 cm³/mol. The molecule has 2 heteroatoms. The Kier molecular flexibility index (Phi) is 0.835. The Bertz CT molecular complexity index is 262. The Morgan fingerprint density at radius 3 is 2.89 bits per heavy atom. The Hall–Kier alpha value is -0.790. The highest BCUT2D eigenvalue weighted by atomic mass is 15.2. The molecule has 0 N–H and O–H groups in total. The molecule has 0 unspecified atom stereocenters. The second kappa shape index (κ2) is 2.21. The van der Waals surface area contributed by atoms with Gasteiger partial charge in [-0.25, -0.2) is 0 Å². The van der Waals surface area contributed by atoms with Crippen LogP contribution >= 0.6 is 0 Å². The second-order valence-corrected chi connectivity index (χ2v) is 2.37. The summed E-state index contributed by atoms with van der Waals surface area (Å²) in [6, 6.07) is 0. The minimum absolute atomic E-state index is 0.320. The monoisotopic (exact) mass is 127 g/mol. The highest BCUT2D eigenvalue weighted by Crippen LogP contribution is 2.10. The summed E-state index contributed by atoms with van der Waals surface area (Å²) in [6.07, 6.45) is 3.16. The molecule has 0 atom stereocenters. The third-order valence-corrected chi connectivity index (χ3v) is 1.27. The summed E-state index contributed by atoms with van der Waals surface area (Å²) in [5.41, 5.74) is 0.950. The zero-order chi connectivity index (χ0) is 9.35. The minimum atomic E-state index is -2.15. The molecule has 50 valence electrons. The van der Waals surface area contributed by atoms with Crippen LogP contribution in [0.5, 0.6) is 0 Å². The lowest BCUT2D eigenvalue weighted by molar-refractivity contribution is 0.764. The molecule has 1 aromatic heterocycles. The van der Waals surface area contributed by atoms with E-state index in [1.54, 1.807) is 12.4 Å². The number of aryl methyl sites for hydroxylation is 1. The summed E-state index contributed by atoms with van der Waals surface area (Å²) in [5, 5.41) is 3.76. The smallest absolute Gasteiger partial charge is 0.0524 e. The minimum Gasteiger partial charge on any atom is -0.276 e. The molecule has 0 saturated heterocycles. The van der Waals surface area contributed by atoms with E-state index < -0.39 is 6.98 Å². The summed E-state index contributed by atoms with van der Waals surface area (Å²) in [4.78, 5) is 0. The maximum absolute atomic E-state index is 7.06. The SMILES string of the molecule is [2H]C([2H])([2H])n1cc(C(C)C)cn1. The van der Waals surface area contributed by atoms with Crippen molar-refractivity contribution >= 4 is 0 Å². The van der Waals surface area contributed by atoms with Crippen LogP contribution in [-0.4, -0.2) is 9.78 Å². The zero-order valence-corrected chi connectivity index (χ0v) is 5.63. The van der Waals surface area contributed by atoms with Crippen molar-refractivity contribution in [3.63, 3.8) is 0 Å². The lowest BCUT2D eigenvalue weighted by atomic mass is 10.1. The standard InChI is InChI=1S/C7H12N2/c1-6(2)7-4-8-9(3)5-7/h4-6H,1-3H3/i3D3. The van der Waals surface area contributed by atoms with Gasteiger partial charge in [-0.15, -0.1) is 0 Å². The van der Waals surface area contributed by atoms with E-state index in [1.807, 2.05) is 13.8 Å². The van der Waals surface area contributed by atoms with Crippen LogP contribution in [-0.2, 0) is 6.98 Å². The van der Waals surface area contributed by atoms with Crippen LogP contribution in [0.3, 0.4) is 0 Å². The average molecular weight is 127 g/mol. The second-order valence-electron chi connectivity index (χ2n) is 2.37. The first-order valence-electron chi connectivity index (χ1n) is 4.46. The van der Waals surface area contributed by atoms with E-state index in [0.29, 0.717) is 5.92 Å². The first-order chi connectivity index (χ1) is 5.41. The molecule has 0 bridgehead atoms. The summed E-state index contributed by atoms with van der Waals surface area (Å²) >= 11 is 0. The fourth-order valence-electron chi connectivity index (χ4n) is 0.635. The number of nitrogens with zero attached hydrogens (tertiary/aromatic N) is 2. The molecule has 1 rings (SSSR count). The van der Waals surface area contributed by atoms with Crippen LogP contribution in [0.15, 0.2) is 12.4 Å². The van der Waals surface area contributed by atoms with E-state index >= 15 is 0 Å². The molecule has 0 aromatic carbocycles. The van der Waals surface area contributed by atoms with Crippen LogP contribution in [0.25, 0.3) is 0 Å². The molecule has 1 aromatic rings. The molecular formula is C7H12N2. The molecule has 9 heavy (non-hydrogen) atoms. The summed E-state index contributed by atoms with van der Waals surface area (Å²) < 4.78 is 22.2. The molecule has 0 saturated carbocycles. The van der Waals surface area contributed by atoms with E-state index in [9.17, 15) is 0 Å². The van der Waals surface area contributed by atoms with Gasteiger partial charge in [0.15, 0.2) is 0 Å². The van der Waals surface area contributed by atoms with Crippen LogP contribution in [0.2, 0.25) is 0 Å². The molecule has 1 heterocycles. The van der Waals surface area contributed by atoms with Crippen molar-refractivity contribution in [2.75, 3.05) is 0 Å². The number of rotatable bonds is 1. The zero-order valence-electron chi connectivity index (χ0n) is 8.63. The van der Waals surface area contributed by atoms with Crippen molar-refractivity contribution < 1.29 is 4.11 Å². The quantitative estimate of drug-likeness (QED) is 0.559. The van der Waals surface area contributed by atoms with Gasteiger partial charge in [0.1, 0.15) is 0 Å². The van der Waals surface area contributed by atoms with Crippen LogP contribution in [0.1, 0.15) is 29.4 Å². The first kappa shape index (κ1) is 3.40. The van der Waals surface area contributed by atoms with Crippen molar-refractivity contribution in [1.29, 1.82) is 0 Å². The highest BCUT2D eigenvalue weighted by molar-refractivity contribution is 5.08. The fraction of sp³-hybridized carbons (Fsp3) is 0.571. The van der Waals surface area contributed by atoms with Crippen molar-refractivity contribution in [3.8, 4) is 0 Å². The van der Waals surface area contributed by atoms with Gasteiger partial charge in [0.05, 0.1) is 6.20 Å². The molecule has 0 amide bonds. The van der Waals surface area contributed by atoms with E-state index in [2.05, 4.69) is 5.10 Å². The third-order valence-electron chi connectivity index (χ3n) is 1.27. The highest BCUT2D eigenvalue weighted by Gasteiger charge is 1.98. The van der Waals surface area contributed by atoms with E-state index in [4.69, 9.17) is 4.11 Å². The topological polar surface area (TPSA) is 17.8 Å². The number of hydrogen-bond acceptors (Lipinski definition) is 1. The van der Waals surface area contributed by atoms with Crippen LogP contribution in [0.4, 0.5) is 0 Å². The molecule has 0 aliphatic carbocycles. The van der Waals surface area contributed by atoms with E-state index in [-0.39, 0.29) is 0 Å². The van der Waals surface area contributed by atoms with Gasteiger partial charge in [0.25, 0.3) is 0 Å². The molecule has 0 fully saturated rings. The van der Waals surface area contributed by atoms with Crippen molar-refractivity contribution in [3.05, 3.63) is 18.0 Å². The van der Waals surface area contributed by atoms with Gasteiger partial charge < -0.3 is 0 Å². The maximum atomic E-state index is 7.06. The van der Waals surface area contributed by atoms with Gasteiger partial charge in [0.2, 0.25) is 0 Å². The summed E-state index contributed by atoms with van der Waals surface area (Å²) in [6.45, 7) is 1.86. The molecule has 0 spiro atoms.